The Kier molecular flexibility index (Phi) is 4.85. The van der Waals surface area contributed by atoms with E-state index in [0.717, 1.165) is 42.5 Å². The Hall–Kier alpha value is -2.03. The largest absolute Gasteiger partial charge is 0.497 e. The summed E-state index contributed by atoms with van der Waals surface area (Å²) in [6.45, 7) is 3.18. The average molecular weight is 311 g/mol. The third-order valence-electron chi connectivity index (χ3n) is 4.80. The quantitative estimate of drug-likeness (QED) is 0.770. The highest BCUT2D eigenvalue weighted by Gasteiger charge is 2.20. The Bertz CT molecular complexity index is 773. The van der Waals surface area contributed by atoms with E-state index < -0.39 is 0 Å². The maximum Gasteiger partial charge on any atom is 0.189 e. The number of hydrogen-bond donors (Lipinski definition) is 0. The first-order chi connectivity index (χ1) is 11.2. The Morgan fingerprint density at radius 2 is 2.17 bits per heavy atom. The highest BCUT2D eigenvalue weighted by molar-refractivity contribution is 5.81. The summed E-state index contributed by atoms with van der Waals surface area (Å²) in [6, 6.07) is 7.65. The smallest absolute Gasteiger partial charge is 0.189 e. The third kappa shape index (κ3) is 3.34. The number of pyridine rings is 1. The molecule has 3 rings (SSSR count). The highest BCUT2D eigenvalue weighted by Crippen LogP contribution is 2.28. The molecule has 0 aliphatic carbocycles. The minimum Gasteiger partial charge on any atom is -0.497 e. The summed E-state index contributed by atoms with van der Waals surface area (Å²) in [7, 11) is 1.64. The molecule has 3 nitrogen and oxygen atoms in total. The van der Waals surface area contributed by atoms with Crippen LogP contribution in [0.15, 0.2) is 41.2 Å². The Morgan fingerprint density at radius 1 is 1.30 bits per heavy atom. The van der Waals surface area contributed by atoms with E-state index in [0.29, 0.717) is 5.92 Å². The Balaban J connectivity index is 1.90. The molecular formula is C20H25NO2. The van der Waals surface area contributed by atoms with E-state index in [2.05, 4.69) is 23.6 Å². The first kappa shape index (κ1) is 15.9. The molecule has 3 heteroatoms. The molecule has 1 aromatic heterocycles. The van der Waals surface area contributed by atoms with Crippen LogP contribution >= 0.6 is 0 Å². The molecule has 0 amide bonds. The van der Waals surface area contributed by atoms with Crippen LogP contribution in [0.4, 0.5) is 0 Å². The van der Waals surface area contributed by atoms with Gasteiger partial charge in [-0.15, -0.1) is 0 Å². The lowest BCUT2D eigenvalue weighted by Crippen LogP contribution is -2.24. The van der Waals surface area contributed by atoms with Gasteiger partial charge in [0.2, 0.25) is 0 Å². The van der Waals surface area contributed by atoms with Gasteiger partial charge in [0.25, 0.3) is 0 Å². The molecule has 0 saturated heterocycles. The summed E-state index contributed by atoms with van der Waals surface area (Å²) in [4.78, 5) is 12.4. The molecule has 0 radical (unpaired) electrons. The van der Waals surface area contributed by atoms with Crippen LogP contribution in [0, 0.1) is 5.92 Å². The highest BCUT2D eigenvalue weighted by atomic mass is 16.5. The van der Waals surface area contributed by atoms with Crippen LogP contribution in [-0.2, 0) is 13.0 Å². The van der Waals surface area contributed by atoms with Crippen LogP contribution in [0.1, 0.15) is 38.3 Å². The topological polar surface area (TPSA) is 31.2 Å². The molecule has 0 saturated carbocycles. The first-order valence-corrected chi connectivity index (χ1v) is 8.58. The van der Waals surface area contributed by atoms with Crippen LogP contribution in [0.25, 0.3) is 10.9 Å². The van der Waals surface area contributed by atoms with Gasteiger partial charge in [-0.05, 0) is 56.2 Å². The molecule has 2 heterocycles. The van der Waals surface area contributed by atoms with E-state index in [4.69, 9.17) is 4.74 Å². The van der Waals surface area contributed by atoms with Crippen LogP contribution in [0.2, 0.25) is 0 Å². The van der Waals surface area contributed by atoms with Crippen molar-refractivity contribution < 1.29 is 4.74 Å². The van der Waals surface area contributed by atoms with Gasteiger partial charge in [-0.3, -0.25) is 4.79 Å². The molecule has 1 aromatic carbocycles. The van der Waals surface area contributed by atoms with Gasteiger partial charge in [-0.2, -0.15) is 0 Å². The molecule has 0 N–H and O–H groups in total. The van der Waals surface area contributed by atoms with Gasteiger partial charge < -0.3 is 9.30 Å². The van der Waals surface area contributed by atoms with Crippen molar-refractivity contribution in [3.8, 4) is 5.75 Å². The fourth-order valence-electron chi connectivity index (χ4n) is 3.51. The lowest BCUT2D eigenvalue weighted by atomic mass is 9.92. The molecule has 0 spiro atoms. The predicted molar refractivity (Wildman–Crippen MR) is 95.2 cm³/mol. The molecule has 2 aromatic rings. The molecular weight excluding hydrogens is 286 g/mol. The molecule has 0 fully saturated rings. The van der Waals surface area contributed by atoms with Crippen molar-refractivity contribution in [3.05, 3.63) is 52.3 Å². The summed E-state index contributed by atoms with van der Waals surface area (Å²) in [5.74, 6) is 1.43. The number of aryl methyl sites for hydroxylation is 1. The van der Waals surface area contributed by atoms with Gasteiger partial charge in [-0.1, -0.05) is 19.1 Å². The van der Waals surface area contributed by atoms with Crippen molar-refractivity contribution in [1.29, 1.82) is 0 Å². The SMILES string of the molecule is CC/C=C\CC[C@H]1CCc2cc(=O)c3cc(OC)ccc3n2C1. The number of allylic oxidation sites excluding steroid dienone is 2. The minimum atomic E-state index is 0.106. The van der Waals surface area contributed by atoms with Gasteiger partial charge in [0.05, 0.1) is 12.6 Å². The molecule has 0 unspecified atom stereocenters. The Labute approximate surface area is 137 Å². The van der Waals surface area contributed by atoms with E-state index >= 15 is 0 Å². The third-order valence-corrected chi connectivity index (χ3v) is 4.80. The van der Waals surface area contributed by atoms with Crippen molar-refractivity contribution in [1.82, 2.24) is 4.57 Å². The summed E-state index contributed by atoms with van der Waals surface area (Å²) in [5.41, 5.74) is 2.32. The number of hydrogen-bond acceptors (Lipinski definition) is 2. The van der Waals surface area contributed by atoms with Crippen molar-refractivity contribution in [2.45, 2.75) is 45.6 Å². The van der Waals surface area contributed by atoms with Crippen LogP contribution in [0.5, 0.6) is 5.75 Å². The molecule has 0 bridgehead atoms. The van der Waals surface area contributed by atoms with Crippen molar-refractivity contribution in [2.24, 2.45) is 5.92 Å². The second kappa shape index (κ2) is 7.03. The second-order valence-corrected chi connectivity index (χ2v) is 6.36. The summed E-state index contributed by atoms with van der Waals surface area (Å²) >= 11 is 0. The lowest BCUT2D eigenvalue weighted by molar-refractivity contribution is 0.354. The van der Waals surface area contributed by atoms with E-state index in [-0.39, 0.29) is 5.43 Å². The van der Waals surface area contributed by atoms with E-state index in [9.17, 15) is 4.79 Å². The van der Waals surface area contributed by atoms with Gasteiger partial charge in [0.15, 0.2) is 5.43 Å². The standard InChI is InChI=1S/C20H25NO2/c1-3-4-5-6-7-15-8-9-16-12-20(22)18-13-17(23-2)10-11-19(18)21(16)14-15/h4-5,10-13,15H,3,6-9,14H2,1-2H3/b5-4-/t15-/m0/s1. The lowest BCUT2D eigenvalue weighted by Gasteiger charge is -2.28. The molecule has 1 atom stereocenters. The summed E-state index contributed by atoms with van der Waals surface area (Å²) < 4.78 is 7.60. The first-order valence-electron chi connectivity index (χ1n) is 8.58. The second-order valence-electron chi connectivity index (χ2n) is 6.36. The summed E-state index contributed by atoms with van der Waals surface area (Å²) in [6.07, 6.45) is 10.2. The monoisotopic (exact) mass is 311 g/mol. The van der Waals surface area contributed by atoms with Crippen molar-refractivity contribution in [3.63, 3.8) is 0 Å². The van der Waals surface area contributed by atoms with Crippen molar-refractivity contribution in [2.75, 3.05) is 7.11 Å². The van der Waals surface area contributed by atoms with E-state index in [1.54, 1.807) is 7.11 Å². The Morgan fingerprint density at radius 3 is 2.96 bits per heavy atom. The number of aromatic nitrogens is 1. The fourth-order valence-corrected chi connectivity index (χ4v) is 3.51. The van der Waals surface area contributed by atoms with Crippen LogP contribution in [0.3, 0.4) is 0 Å². The normalized spacial score (nSPS) is 17.6. The van der Waals surface area contributed by atoms with Gasteiger partial charge >= 0.3 is 0 Å². The van der Waals surface area contributed by atoms with Crippen molar-refractivity contribution >= 4 is 10.9 Å². The zero-order valence-corrected chi connectivity index (χ0v) is 14.0. The maximum atomic E-state index is 12.4. The minimum absolute atomic E-state index is 0.106. The number of methoxy groups -OCH3 is 1. The zero-order valence-electron chi connectivity index (χ0n) is 14.0. The van der Waals surface area contributed by atoms with Gasteiger partial charge in [-0.25, -0.2) is 0 Å². The molecule has 122 valence electrons. The van der Waals surface area contributed by atoms with Gasteiger partial charge in [0, 0.05) is 23.7 Å². The zero-order chi connectivity index (χ0) is 16.2. The maximum absolute atomic E-state index is 12.4. The number of nitrogens with zero attached hydrogens (tertiary/aromatic N) is 1. The predicted octanol–water partition coefficient (Wildman–Crippen LogP) is 4.32. The number of rotatable bonds is 5. The number of benzene rings is 1. The molecule has 1 aliphatic rings. The molecule has 1 aliphatic heterocycles. The number of ether oxygens (including phenoxy) is 1. The average Bonchev–Trinajstić information content (AvgIpc) is 2.59. The van der Waals surface area contributed by atoms with Crippen LogP contribution in [-0.4, -0.2) is 11.7 Å². The molecule has 23 heavy (non-hydrogen) atoms. The van der Waals surface area contributed by atoms with E-state index in [1.165, 1.54) is 18.5 Å². The summed E-state index contributed by atoms with van der Waals surface area (Å²) in [5, 5.41) is 0.764. The fraction of sp³-hybridized carbons (Fsp3) is 0.450. The van der Waals surface area contributed by atoms with Gasteiger partial charge in [0.1, 0.15) is 5.75 Å². The van der Waals surface area contributed by atoms with E-state index in [1.807, 2.05) is 24.3 Å². The number of fused-ring (bicyclic) bond motifs is 3. The van der Waals surface area contributed by atoms with Crippen LogP contribution < -0.4 is 10.2 Å².